The van der Waals surface area contributed by atoms with Crippen LogP contribution in [-0.4, -0.2) is 71.0 Å². The van der Waals surface area contributed by atoms with Crippen molar-refractivity contribution in [2.45, 2.75) is 37.7 Å². The van der Waals surface area contributed by atoms with Crippen LogP contribution in [0.25, 0.3) is 0 Å². The number of hydrogen-bond acceptors (Lipinski definition) is 6. The molecule has 1 amide bonds. The van der Waals surface area contributed by atoms with Crippen LogP contribution in [-0.2, 0) is 9.53 Å². The van der Waals surface area contributed by atoms with Gasteiger partial charge in [0.25, 0.3) is 0 Å². The second-order valence-electron chi connectivity index (χ2n) is 4.82. The van der Waals surface area contributed by atoms with Crippen molar-refractivity contribution in [2.24, 2.45) is 5.41 Å². The van der Waals surface area contributed by atoms with Crippen molar-refractivity contribution in [3.63, 3.8) is 0 Å². The largest absolute Gasteiger partial charge is 0.396 e. The summed E-state index contributed by atoms with van der Waals surface area (Å²) < 4.78 is 5.17. The Labute approximate surface area is 105 Å². The molecule has 0 radical (unpaired) electrons. The first kappa shape index (κ1) is 15.3. The predicted molar refractivity (Wildman–Crippen MR) is 61.6 cm³/mol. The molecule has 5 N–H and O–H groups in total. The molecule has 7 nitrogen and oxygen atoms in total. The molecule has 1 aliphatic carbocycles. The number of carbonyl (C=O) groups excluding carboxylic acids is 1. The van der Waals surface area contributed by atoms with Crippen LogP contribution in [0.4, 0.5) is 0 Å². The van der Waals surface area contributed by atoms with Crippen molar-refractivity contribution >= 4 is 5.91 Å². The molecule has 0 bridgehead atoms. The van der Waals surface area contributed by atoms with E-state index in [4.69, 9.17) is 4.74 Å². The molecule has 106 valence electrons. The van der Waals surface area contributed by atoms with Crippen LogP contribution in [0.3, 0.4) is 0 Å². The van der Waals surface area contributed by atoms with Crippen LogP contribution in [0.5, 0.6) is 0 Å². The molecule has 1 rings (SSSR count). The normalized spacial score (nSPS) is 35.2. The lowest BCUT2D eigenvalue weighted by Crippen LogP contribution is -2.66. The maximum Gasteiger partial charge on any atom is 0.217 e. The van der Waals surface area contributed by atoms with E-state index in [1.807, 2.05) is 0 Å². The quantitative estimate of drug-likeness (QED) is 0.386. The molecule has 1 aliphatic rings. The van der Waals surface area contributed by atoms with Crippen molar-refractivity contribution in [1.82, 2.24) is 5.32 Å². The zero-order valence-corrected chi connectivity index (χ0v) is 10.5. The third-order valence-electron chi connectivity index (χ3n) is 3.63. The van der Waals surface area contributed by atoms with Gasteiger partial charge in [-0.2, -0.15) is 0 Å². The summed E-state index contributed by atoms with van der Waals surface area (Å²) in [5, 5.41) is 41.2. The van der Waals surface area contributed by atoms with Crippen LogP contribution >= 0.6 is 0 Å². The summed E-state index contributed by atoms with van der Waals surface area (Å²) >= 11 is 0. The van der Waals surface area contributed by atoms with Gasteiger partial charge >= 0.3 is 0 Å². The van der Waals surface area contributed by atoms with E-state index in [-0.39, 0.29) is 12.3 Å². The van der Waals surface area contributed by atoms with Gasteiger partial charge in [0.15, 0.2) is 0 Å². The number of nitrogens with one attached hydrogen (secondary N) is 1. The summed E-state index contributed by atoms with van der Waals surface area (Å²) in [4.78, 5) is 11.1. The number of ether oxygens (including phenoxy) is 1. The zero-order chi connectivity index (χ0) is 13.9. The Bertz CT molecular complexity index is 291. The maximum atomic E-state index is 11.1. The number of methoxy groups -OCH3 is 1. The van der Waals surface area contributed by atoms with Crippen molar-refractivity contribution in [3.05, 3.63) is 0 Å². The standard InChI is InChI=1S/C11H21NO6/c1-6(15)12-8-7(18-2)3-11(4-13,5-14)10(17)9(8)16/h7-10,13-14,16-17H,3-5H2,1-2H3,(H,12,15)/t7-,8-,9+,10+/m0/s1. The molecule has 4 atom stereocenters. The van der Waals surface area contributed by atoms with E-state index in [0.717, 1.165) is 0 Å². The number of hydrogen-bond donors (Lipinski definition) is 5. The van der Waals surface area contributed by atoms with Crippen LogP contribution in [0.1, 0.15) is 13.3 Å². The topological polar surface area (TPSA) is 119 Å². The lowest BCUT2D eigenvalue weighted by atomic mass is 9.68. The molecule has 0 aromatic rings. The first-order valence-corrected chi connectivity index (χ1v) is 5.79. The van der Waals surface area contributed by atoms with Gasteiger partial charge in [-0.3, -0.25) is 4.79 Å². The van der Waals surface area contributed by atoms with E-state index in [2.05, 4.69) is 5.32 Å². The van der Waals surface area contributed by atoms with Gasteiger partial charge in [0.2, 0.25) is 5.91 Å². The molecular weight excluding hydrogens is 242 g/mol. The summed E-state index contributed by atoms with van der Waals surface area (Å²) in [7, 11) is 1.41. The first-order valence-electron chi connectivity index (χ1n) is 5.79. The lowest BCUT2D eigenvalue weighted by molar-refractivity contribution is -0.181. The zero-order valence-electron chi connectivity index (χ0n) is 10.5. The Hall–Kier alpha value is -0.730. The highest BCUT2D eigenvalue weighted by molar-refractivity contribution is 5.73. The molecule has 0 unspecified atom stereocenters. The summed E-state index contributed by atoms with van der Waals surface area (Å²) in [5.74, 6) is -0.353. The highest BCUT2D eigenvalue weighted by Gasteiger charge is 2.52. The Balaban J connectivity index is 2.97. The molecular formula is C11H21NO6. The highest BCUT2D eigenvalue weighted by Crippen LogP contribution is 2.37. The fourth-order valence-corrected chi connectivity index (χ4v) is 2.44. The van der Waals surface area contributed by atoms with E-state index in [1.54, 1.807) is 0 Å². The van der Waals surface area contributed by atoms with Crippen molar-refractivity contribution in [2.75, 3.05) is 20.3 Å². The van der Waals surface area contributed by atoms with Gasteiger partial charge < -0.3 is 30.5 Å². The number of amides is 1. The molecule has 0 heterocycles. The predicted octanol–water partition coefficient (Wildman–Crippen LogP) is -2.40. The number of rotatable bonds is 4. The lowest BCUT2D eigenvalue weighted by Gasteiger charge is -2.48. The second-order valence-corrected chi connectivity index (χ2v) is 4.82. The fourth-order valence-electron chi connectivity index (χ4n) is 2.44. The fraction of sp³-hybridized carbons (Fsp3) is 0.909. The molecule has 1 fully saturated rings. The minimum atomic E-state index is -1.34. The number of carbonyl (C=O) groups is 1. The van der Waals surface area contributed by atoms with Gasteiger partial charge in [0.05, 0.1) is 31.5 Å². The molecule has 0 aromatic heterocycles. The van der Waals surface area contributed by atoms with Crippen molar-refractivity contribution in [1.29, 1.82) is 0 Å². The maximum absolute atomic E-state index is 11.1. The molecule has 0 spiro atoms. The highest BCUT2D eigenvalue weighted by atomic mass is 16.5. The van der Waals surface area contributed by atoms with Crippen molar-refractivity contribution in [3.8, 4) is 0 Å². The number of aliphatic hydroxyl groups is 4. The Morgan fingerprint density at radius 1 is 1.39 bits per heavy atom. The molecule has 0 saturated heterocycles. The van der Waals surface area contributed by atoms with Crippen LogP contribution in [0.2, 0.25) is 0 Å². The van der Waals surface area contributed by atoms with Gasteiger partial charge in [-0.15, -0.1) is 0 Å². The van der Waals surface area contributed by atoms with Gasteiger partial charge in [-0.1, -0.05) is 0 Å². The third-order valence-corrected chi connectivity index (χ3v) is 3.63. The van der Waals surface area contributed by atoms with E-state index < -0.39 is 43.0 Å². The summed E-state index contributed by atoms with van der Waals surface area (Å²) in [6, 6.07) is -0.770. The first-order chi connectivity index (χ1) is 8.41. The van der Waals surface area contributed by atoms with E-state index in [1.165, 1.54) is 14.0 Å². The molecule has 0 aliphatic heterocycles. The summed E-state index contributed by atoms with van der Waals surface area (Å²) in [6.45, 7) is 0.342. The van der Waals surface area contributed by atoms with E-state index >= 15 is 0 Å². The van der Waals surface area contributed by atoms with E-state index in [0.29, 0.717) is 0 Å². The van der Waals surface area contributed by atoms with Crippen LogP contribution in [0, 0.1) is 5.41 Å². The summed E-state index contributed by atoms with van der Waals surface area (Å²) in [6.07, 6.45) is -3.10. The SMILES string of the molecule is CO[C@H]1CC(CO)(CO)[C@H](O)[C@H](O)[C@H]1NC(C)=O. The van der Waals surface area contributed by atoms with Crippen molar-refractivity contribution < 1.29 is 30.0 Å². The third kappa shape index (κ3) is 2.65. The van der Waals surface area contributed by atoms with Crippen LogP contribution < -0.4 is 5.32 Å². The van der Waals surface area contributed by atoms with Gasteiger partial charge in [-0.05, 0) is 6.42 Å². The smallest absolute Gasteiger partial charge is 0.217 e. The molecule has 18 heavy (non-hydrogen) atoms. The van der Waals surface area contributed by atoms with Gasteiger partial charge in [0, 0.05) is 19.4 Å². The monoisotopic (exact) mass is 263 g/mol. The van der Waals surface area contributed by atoms with Gasteiger partial charge in [0.1, 0.15) is 6.10 Å². The molecule has 0 aromatic carbocycles. The Morgan fingerprint density at radius 3 is 2.33 bits per heavy atom. The molecule has 7 heteroatoms. The molecule has 1 saturated carbocycles. The minimum absolute atomic E-state index is 0.139. The Kier molecular flexibility index (Phi) is 5.06. The average Bonchev–Trinajstić information content (AvgIpc) is 2.36. The van der Waals surface area contributed by atoms with Gasteiger partial charge in [-0.25, -0.2) is 0 Å². The summed E-state index contributed by atoms with van der Waals surface area (Å²) in [5.41, 5.74) is -1.23. The van der Waals surface area contributed by atoms with Crippen LogP contribution in [0.15, 0.2) is 0 Å². The minimum Gasteiger partial charge on any atom is -0.396 e. The Morgan fingerprint density at radius 2 is 1.94 bits per heavy atom. The second kappa shape index (κ2) is 5.94. The van der Waals surface area contributed by atoms with E-state index in [9.17, 15) is 25.2 Å². The average molecular weight is 263 g/mol. The number of aliphatic hydroxyl groups excluding tert-OH is 4.